The molecule has 1 aliphatic rings. The zero-order valence-electron chi connectivity index (χ0n) is 9.90. The average Bonchev–Trinajstić information content (AvgIpc) is 2.33. The predicted molar refractivity (Wildman–Crippen MR) is 62.9 cm³/mol. The summed E-state index contributed by atoms with van der Waals surface area (Å²) in [6.45, 7) is 12.3. The highest BCUT2D eigenvalue weighted by Crippen LogP contribution is 2.37. The van der Waals surface area contributed by atoms with Gasteiger partial charge in [0.25, 0.3) is 0 Å². The van der Waals surface area contributed by atoms with E-state index in [-0.39, 0.29) is 5.91 Å². The molecule has 0 aromatic rings. The number of carbonyl (C=O) groups is 1. The third-order valence-electron chi connectivity index (χ3n) is 3.44. The van der Waals surface area contributed by atoms with E-state index in [9.17, 15) is 4.79 Å². The zero-order valence-corrected chi connectivity index (χ0v) is 10.9. The van der Waals surface area contributed by atoms with Crippen molar-refractivity contribution in [2.75, 3.05) is 6.54 Å². The zero-order chi connectivity index (χ0) is 11.0. The number of amides is 1. The van der Waals surface area contributed by atoms with Crippen molar-refractivity contribution in [3.63, 3.8) is 0 Å². The Hall–Kier alpha value is -0.573. The van der Waals surface area contributed by atoms with Crippen LogP contribution in [0.15, 0.2) is 11.3 Å². The molecule has 0 bridgehead atoms. The minimum absolute atomic E-state index is 0.148. The first-order chi connectivity index (χ1) is 6.24. The van der Waals surface area contributed by atoms with Crippen LogP contribution in [0.25, 0.3) is 0 Å². The van der Waals surface area contributed by atoms with Gasteiger partial charge in [0.2, 0.25) is 5.91 Å². The van der Waals surface area contributed by atoms with Gasteiger partial charge in [-0.05, 0) is 11.5 Å². The van der Waals surface area contributed by atoms with Crippen molar-refractivity contribution in [1.29, 1.82) is 0 Å². The number of hydrogen-bond acceptors (Lipinski definition) is 1. The fourth-order valence-corrected chi connectivity index (χ4v) is 2.91. The highest BCUT2D eigenvalue weighted by molar-refractivity contribution is 6.85. The molecule has 1 saturated heterocycles. The van der Waals surface area contributed by atoms with Crippen LogP contribution in [-0.4, -0.2) is 20.5 Å². The van der Waals surface area contributed by atoms with Crippen LogP contribution in [0.2, 0.25) is 18.1 Å². The summed E-state index contributed by atoms with van der Waals surface area (Å²) >= 11 is 0. The summed E-state index contributed by atoms with van der Waals surface area (Å²) in [4.78, 5) is 11.4. The summed E-state index contributed by atoms with van der Waals surface area (Å²) in [7, 11) is -1.43. The molecule has 0 aromatic carbocycles. The molecule has 80 valence electrons. The quantitative estimate of drug-likeness (QED) is 0.524. The van der Waals surface area contributed by atoms with E-state index in [1.807, 2.05) is 0 Å². The second-order valence-corrected chi connectivity index (χ2v) is 10.9. The van der Waals surface area contributed by atoms with Crippen molar-refractivity contribution in [3.05, 3.63) is 11.3 Å². The van der Waals surface area contributed by atoms with Crippen LogP contribution in [0.3, 0.4) is 0 Å². The van der Waals surface area contributed by atoms with Gasteiger partial charge in [0, 0.05) is 12.1 Å². The number of hydrogen-bond donors (Lipinski definition) is 1. The van der Waals surface area contributed by atoms with Crippen molar-refractivity contribution in [1.82, 2.24) is 5.32 Å². The maximum Gasteiger partial charge on any atom is 0.246 e. The van der Waals surface area contributed by atoms with E-state index in [2.05, 4.69) is 44.9 Å². The van der Waals surface area contributed by atoms with Crippen LogP contribution >= 0.6 is 0 Å². The van der Waals surface area contributed by atoms with Gasteiger partial charge in [-0.25, -0.2) is 0 Å². The second-order valence-electron chi connectivity index (χ2n) is 5.65. The molecular formula is C11H21NOSi. The smallest absolute Gasteiger partial charge is 0.246 e. The molecule has 14 heavy (non-hydrogen) atoms. The van der Waals surface area contributed by atoms with Crippen LogP contribution in [0.1, 0.15) is 27.2 Å². The Balaban J connectivity index is 2.90. The summed E-state index contributed by atoms with van der Waals surface area (Å²) in [6, 6.07) is 0. The Kier molecular flexibility index (Phi) is 2.90. The van der Waals surface area contributed by atoms with Crippen molar-refractivity contribution in [3.8, 4) is 0 Å². The van der Waals surface area contributed by atoms with E-state index in [0.717, 1.165) is 18.5 Å². The van der Waals surface area contributed by atoms with Gasteiger partial charge in [-0.2, -0.15) is 0 Å². The summed E-state index contributed by atoms with van der Waals surface area (Å²) in [5.74, 6) is 0.148. The van der Waals surface area contributed by atoms with Gasteiger partial charge in [0.05, 0.1) is 8.07 Å². The van der Waals surface area contributed by atoms with E-state index in [1.165, 1.54) is 0 Å². The Morgan fingerprint density at radius 2 is 1.93 bits per heavy atom. The van der Waals surface area contributed by atoms with E-state index >= 15 is 0 Å². The van der Waals surface area contributed by atoms with Gasteiger partial charge in [-0.15, -0.1) is 0 Å². The molecule has 1 amide bonds. The van der Waals surface area contributed by atoms with Crippen LogP contribution in [0, 0.1) is 0 Å². The standard InChI is InChI=1S/C11H21NOSi/c1-11(2,3)14(4,5)8-9-6-7-12-10(9)13/h8H,6-7H2,1-5H3,(H,12,13)/b9-8-. The van der Waals surface area contributed by atoms with Crippen LogP contribution in [-0.2, 0) is 4.79 Å². The van der Waals surface area contributed by atoms with Gasteiger partial charge in [-0.3, -0.25) is 4.79 Å². The van der Waals surface area contributed by atoms with Gasteiger partial charge in [0.15, 0.2) is 0 Å². The molecule has 2 nitrogen and oxygen atoms in total. The van der Waals surface area contributed by atoms with Crippen LogP contribution in [0.5, 0.6) is 0 Å². The normalized spacial score (nSPS) is 21.5. The molecule has 1 rings (SSSR count). The van der Waals surface area contributed by atoms with E-state index < -0.39 is 8.07 Å². The first kappa shape index (κ1) is 11.5. The number of nitrogens with one attached hydrogen (secondary N) is 1. The second kappa shape index (κ2) is 3.53. The Morgan fingerprint density at radius 3 is 2.29 bits per heavy atom. The molecule has 0 saturated carbocycles. The van der Waals surface area contributed by atoms with Gasteiger partial charge < -0.3 is 5.32 Å². The van der Waals surface area contributed by atoms with Crippen molar-refractivity contribution < 1.29 is 4.79 Å². The van der Waals surface area contributed by atoms with Gasteiger partial charge >= 0.3 is 0 Å². The molecule has 1 N–H and O–H groups in total. The first-order valence-electron chi connectivity index (χ1n) is 5.24. The first-order valence-corrected chi connectivity index (χ1v) is 8.32. The Labute approximate surface area is 87.8 Å². The van der Waals surface area contributed by atoms with Gasteiger partial charge in [0.1, 0.15) is 0 Å². The molecule has 0 radical (unpaired) electrons. The lowest BCUT2D eigenvalue weighted by atomic mass is 10.2. The Morgan fingerprint density at radius 1 is 1.36 bits per heavy atom. The lowest BCUT2D eigenvalue weighted by molar-refractivity contribution is -0.116. The van der Waals surface area contributed by atoms with Gasteiger partial charge in [-0.1, -0.05) is 39.6 Å². The third-order valence-corrected chi connectivity index (χ3v) is 8.38. The van der Waals surface area contributed by atoms with E-state index in [0.29, 0.717) is 5.04 Å². The van der Waals surface area contributed by atoms with E-state index in [1.54, 1.807) is 0 Å². The van der Waals surface area contributed by atoms with E-state index in [4.69, 9.17) is 0 Å². The molecule has 3 heteroatoms. The average molecular weight is 211 g/mol. The maximum absolute atomic E-state index is 11.4. The van der Waals surface area contributed by atoms with Crippen molar-refractivity contribution in [2.45, 2.75) is 45.3 Å². The summed E-state index contributed by atoms with van der Waals surface area (Å²) in [5, 5.41) is 3.18. The van der Waals surface area contributed by atoms with Crippen LogP contribution in [0.4, 0.5) is 0 Å². The molecular weight excluding hydrogens is 190 g/mol. The monoisotopic (exact) mass is 211 g/mol. The maximum atomic E-state index is 11.4. The molecule has 0 spiro atoms. The molecule has 1 heterocycles. The largest absolute Gasteiger partial charge is 0.352 e. The summed E-state index contributed by atoms with van der Waals surface area (Å²) in [6.07, 6.45) is 0.908. The molecule has 0 unspecified atom stereocenters. The lowest BCUT2D eigenvalue weighted by Gasteiger charge is -2.34. The summed E-state index contributed by atoms with van der Waals surface area (Å²) < 4.78 is 0. The lowest BCUT2D eigenvalue weighted by Crippen LogP contribution is -2.36. The Bertz CT molecular complexity index is 274. The number of carbonyl (C=O) groups excluding carboxylic acids is 1. The highest BCUT2D eigenvalue weighted by atomic mass is 28.3. The topological polar surface area (TPSA) is 29.1 Å². The fourth-order valence-electron chi connectivity index (χ4n) is 1.33. The molecule has 1 aliphatic heterocycles. The molecule has 1 fully saturated rings. The molecule has 0 aliphatic carbocycles. The highest BCUT2D eigenvalue weighted by Gasteiger charge is 2.34. The SMILES string of the molecule is CC(C)(C)[Si](C)(C)/C=C1/CCNC1=O. The third kappa shape index (κ3) is 2.26. The molecule has 0 aromatic heterocycles. The van der Waals surface area contributed by atoms with Crippen molar-refractivity contribution in [2.24, 2.45) is 0 Å². The minimum atomic E-state index is -1.43. The molecule has 0 atom stereocenters. The fraction of sp³-hybridized carbons (Fsp3) is 0.727. The predicted octanol–water partition coefficient (Wildman–Crippen LogP) is 2.48. The van der Waals surface area contributed by atoms with Crippen molar-refractivity contribution >= 4 is 14.0 Å². The summed E-state index contributed by atoms with van der Waals surface area (Å²) in [5.41, 5.74) is 3.28. The number of rotatable bonds is 1. The minimum Gasteiger partial charge on any atom is -0.352 e. The van der Waals surface area contributed by atoms with Crippen LogP contribution < -0.4 is 5.32 Å².